The number of nitrogens with zero attached hydrogens (tertiary/aromatic N) is 2. The van der Waals surface area contributed by atoms with Crippen molar-refractivity contribution in [2.45, 2.75) is 32.2 Å². The average Bonchev–Trinajstić information content (AvgIpc) is 2.76. The molecule has 0 saturated carbocycles. The van der Waals surface area contributed by atoms with Gasteiger partial charge in [-0.05, 0) is 49.4 Å². The lowest BCUT2D eigenvalue weighted by molar-refractivity contribution is 0.449. The molecule has 2 N–H and O–H groups in total. The second-order valence-corrected chi connectivity index (χ2v) is 5.40. The van der Waals surface area contributed by atoms with Crippen molar-refractivity contribution in [1.29, 1.82) is 0 Å². The fourth-order valence-electron chi connectivity index (χ4n) is 2.10. The summed E-state index contributed by atoms with van der Waals surface area (Å²) in [4.78, 5) is 0. The molecule has 1 unspecified atom stereocenters. The first-order valence-electron chi connectivity index (χ1n) is 6.41. The van der Waals surface area contributed by atoms with E-state index in [4.69, 9.17) is 5.73 Å². The first-order valence-corrected chi connectivity index (χ1v) is 6.41. The van der Waals surface area contributed by atoms with Crippen molar-refractivity contribution in [1.82, 2.24) is 9.78 Å². The minimum absolute atomic E-state index is 0.199. The average molecular weight is 261 g/mol. The van der Waals surface area contributed by atoms with Crippen LogP contribution in [0.4, 0.5) is 4.39 Å². The minimum atomic E-state index is -0.537. The van der Waals surface area contributed by atoms with Gasteiger partial charge in [-0.15, -0.1) is 0 Å². The molecule has 19 heavy (non-hydrogen) atoms. The number of rotatable bonds is 4. The maximum Gasteiger partial charge on any atom is 0.126 e. The van der Waals surface area contributed by atoms with Crippen LogP contribution < -0.4 is 5.73 Å². The second kappa shape index (κ2) is 5.13. The van der Waals surface area contributed by atoms with Crippen LogP contribution in [0.1, 0.15) is 30.0 Å². The van der Waals surface area contributed by atoms with Crippen LogP contribution in [-0.2, 0) is 19.0 Å². The van der Waals surface area contributed by atoms with Crippen LogP contribution in [0.3, 0.4) is 0 Å². The Morgan fingerprint density at radius 2 is 2.16 bits per heavy atom. The van der Waals surface area contributed by atoms with Gasteiger partial charge in [-0.3, -0.25) is 4.68 Å². The van der Waals surface area contributed by atoms with Gasteiger partial charge in [-0.1, -0.05) is 12.1 Å². The van der Waals surface area contributed by atoms with Crippen molar-refractivity contribution in [2.75, 3.05) is 0 Å². The Labute approximate surface area is 113 Å². The van der Waals surface area contributed by atoms with Gasteiger partial charge in [0.25, 0.3) is 0 Å². The molecule has 1 aromatic heterocycles. The van der Waals surface area contributed by atoms with E-state index in [9.17, 15) is 4.39 Å². The van der Waals surface area contributed by atoms with Crippen molar-refractivity contribution in [2.24, 2.45) is 12.8 Å². The van der Waals surface area contributed by atoms with Gasteiger partial charge in [0.1, 0.15) is 5.82 Å². The third-order valence-electron chi connectivity index (χ3n) is 3.52. The van der Waals surface area contributed by atoms with E-state index < -0.39 is 5.54 Å². The van der Waals surface area contributed by atoms with E-state index in [0.717, 1.165) is 24.0 Å². The van der Waals surface area contributed by atoms with Gasteiger partial charge in [-0.2, -0.15) is 5.10 Å². The Morgan fingerprint density at radius 3 is 2.74 bits per heavy atom. The molecule has 2 rings (SSSR count). The number of hydrogen-bond donors (Lipinski definition) is 1. The Balaban J connectivity index is 2.10. The molecule has 0 aliphatic heterocycles. The van der Waals surface area contributed by atoms with Crippen molar-refractivity contribution >= 4 is 0 Å². The molecule has 2 aromatic rings. The number of aryl methyl sites for hydroxylation is 3. The maximum absolute atomic E-state index is 13.6. The third kappa shape index (κ3) is 3.20. The molecule has 0 amide bonds. The van der Waals surface area contributed by atoms with Gasteiger partial charge in [0, 0.05) is 18.8 Å². The highest BCUT2D eigenvalue weighted by Gasteiger charge is 2.22. The minimum Gasteiger partial charge on any atom is -0.322 e. The number of halogens is 1. The molecular weight excluding hydrogens is 241 g/mol. The predicted molar refractivity (Wildman–Crippen MR) is 74.2 cm³/mol. The molecule has 0 spiro atoms. The van der Waals surface area contributed by atoms with E-state index >= 15 is 0 Å². The summed E-state index contributed by atoms with van der Waals surface area (Å²) in [6, 6.07) is 5.22. The first kappa shape index (κ1) is 13.7. The zero-order valence-electron chi connectivity index (χ0n) is 11.7. The van der Waals surface area contributed by atoms with Crippen LogP contribution in [0.5, 0.6) is 0 Å². The zero-order valence-corrected chi connectivity index (χ0v) is 11.7. The molecule has 0 saturated heterocycles. The molecule has 1 aromatic carbocycles. The van der Waals surface area contributed by atoms with Crippen LogP contribution in [0, 0.1) is 12.7 Å². The normalized spacial score (nSPS) is 14.4. The molecule has 3 nitrogen and oxygen atoms in total. The van der Waals surface area contributed by atoms with Crippen molar-refractivity contribution < 1.29 is 4.39 Å². The van der Waals surface area contributed by atoms with Gasteiger partial charge in [-0.25, -0.2) is 4.39 Å². The summed E-state index contributed by atoms with van der Waals surface area (Å²) < 4.78 is 15.4. The predicted octanol–water partition coefficient (Wildman–Crippen LogP) is 2.67. The quantitative estimate of drug-likeness (QED) is 0.919. The number of nitrogens with two attached hydrogens (primary N) is 1. The molecule has 102 valence electrons. The summed E-state index contributed by atoms with van der Waals surface area (Å²) in [7, 11) is 1.89. The smallest absolute Gasteiger partial charge is 0.126 e. The highest BCUT2D eigenvalue weighted by molar-refractivity contribution is 5.28. The van der Waals surface area contributed by atoms with E-state index in [1.165, 1.54) is 0 Å². The first-order chi connectivity index (χ1) is 8.88. The van der Waals surface area contributed by atoms with Crippen LogP contribution in [0.25, 0.3) is 0 Å². The summed E-state index contributed by atoms with van der Waals surface area (Å²) in [5.41, 5.74) is 8.40. The highest BCUT2D eigenvalue weighted by Crippen LogP contribution is 2.25. The number of hydrogen-bond acceptors (Lipinski definition) is 2. The lowest BCUT2D eigenvalue weighted by atomic mass is 9.87. The SMILES string of the molecule is Cc1ccc(C(C)(N)CCc2cnn(C)c2)cc1F. The topological polar surface area (TPSA) is 43.8 Å². The van der Waals surface area contributed by atoms with Crippen LogP contribution >= 0.6 is 0 Å². The third-order valence-corrected chi connectivity index (χ3v) is 3.52. The monoisotopic (exact) mass is 261 g/mol. The molecule has 0 radical (unpaired) electrons. The van der Waals surface area contributed by atoms with Crippen LogP contribution in [0.15, 0.2) is 30.6 Å². The van der Waals surface area contributed by atoms with Crippen molar-refractivity contribution in [3.8, 4) is 0 Å². The molecule has 1 heterocycles. The van der Waals surface area contributed by atoms with Crippen LogP contribution in [0.2, 0.25) is 0 Å². The Morgan fingerprint density at radius 1 is 1.42 bits per heavy atom. The van der Waals surface area contributed by atoms with E-state index in [1.54, 1.807) is 23.7 Å². The molecule has 0 aliphatic rings. The fourth-order valence-corrected chi connectivity index (χ4v) is 2.10. The summed E-state index contributed by atoms with van der Waals surface area (Å²) in [6.07, 6.45) is 5.40. The molecule has 4 heteroatoms. The Hall–Kier alpha value is -1.68. The number of benzene rings is 1. The fraction of sp³-hybridized carbons (Fsp3) is 0.400. The van der Waals surface area contributed by atoms with Gasteiger partial charge in [0.2, 0.25) is 0 Å². The summed E-state index contributed by atoms with van der Waals surface area (Å²) >= 11 is 0. The van der Waals surface area contributed by atoms with E-state index in [1.807, 2.05) is 32.4 Å². The molecule has 0 aliphatic carbocycles. The van der Waals surface area contributed by atoms with E-state index in [2.05, 4.69) is 5.10 Å². The summed E-state index contributed by atoms with van der Waals surface area (Å²) in [5, 5.41) is 4.13. The molecular formula is C15H20FN3. The maximum atomic E-state index is 13.6. The van der Waals surface area contributed by atoms with Crippen molar-refractivity contribution in [3.63, 3.8) is 0 Å². The summed E-state index contributed by atoms with van der Waals surface area (Å²) in [5.74, 6) is -0.199. The molecule has 1 atom stereocenters. The van der Waals surface area contributed by atoms with Gasteiger partial charge in [0.05, 0.1) is 6.20 Å². The lowest BCUT2D eigenvalue weighted by Gasteiger charge is -2.25. The van der Waals surface area contributed by atoms with E-state index in [0.29, 0.717) is 5.56 Å². The second-order valence-electron chi connectivity index (χ2n) is 5.40. The Kier molecular flexibility index (Phi) is 3.71. The van der Waals surface area contributed by atoms with Gasteiger partial charge >= 0.3 is 0 Å². The van der Waals surface area contributed by atoms with Crippen LogP contribution in [-0.4, -0.2) is 9.78 Å². The lowest BCUT2D eigenvalue weighted by Crippen LogP contribution is -2.33. The summed E-state index contributed by atoms with van der Waals surface area (Å²) in [6.45, 7) is 3.69. The largest absolute Gasteiger partial charge is 0.322 e. The van der Waals surface area contributed by atoms with Crippen molar-refractivity contribution in [3.05, 3.63) is 53.1 Å². The van der Waals surface area contributed by atoms with Gasteiger partial charge < -0.3 is 5.73 Å². The highest BCUT2D eigenvalue weighted by atomic mass is 19.1. The standard InChI is InChI=1S/C15H20FN3/c1-11-4-5-13(8-14(11)16)15(2,17)7-6-12-9-18-19(3)10-12/h4-5,8-10H,6-7,17H2,1-3H3. The number of aromatic nitrogens is 2. The molecule has 0 bridgehead atoms. The van der Waals surface area contributed by atoms with E-state index in [-0.39, 0.29) is 5.82 Å². The Bertz CT molecular complexity index is 573. The molecule has 0 fully saturated rings. The van der Waals surface area contributed by atoms with Gasteiger partial charge in [0.15, 0.2) is 0 Å². The zero-order chi connectivity index (χ0) is 14.0.